The quantitative estimate of drug-likeness (QED) is 0.354. The van der Waals surface area contributed by atoms with E-state index in [1.54, 1.807) is 12.0 Å². The first-order chi connectivity index (χ1) is 18.3. The summed E-state index contributed by atoms with van der Waals surface area (Å²) in [6.07, 6.45) is 0.0710. The Balaban J connectivity index is 1.48. The Kier molecular flexibility index (Phi) is 6.85. The summed E-state index contributed by atoms with van der Waals surface area (Å²) in [5.41, 5.74) is 2.19. The minimum atomic E-state index is -1.12. The fraction of sp³-hybridized carbons (Fsp3) is 0.290. The number of nitrogens with one attached hydrogen (secondary N) is 1. The third-order valence-electron chi connectivity index (χ3n) is 7.09. The lowest BCUT2D eigenvalue weighted by atomic mass is 9.93. The van der Waals surface area contributed by atoms with Gasteiger partial charge >= 0.3 is 0 Å². The maximum atomic E-state index is 14.0. The van der Waals surface area contributed by atoms with Crippen LogP contribution in [0.25, 0.3) is 10.9 Å². The van der Waals surface area contributed by atoms with Crippen molar-refractivity contribution in [3.8, 4) is 11.5 Å². The van der Waals surface area contributed by atoms with Crippen LogP contribution in [-0.4, -0.2) is 40.0 Å². The molecule has 4 aromatic rings. The number of aromatic nitrogens is 1. The maximum absolute atomic E-state index is 14.0. The van der Waals surface area contributed by atoms with Gasteiger partial charge in [-0.3, -0.25) is 9.59 Å². The first-order valence-corrected chi connectivity index (χ1v) is 12.9. The zero-order valence-corrected chi connectivity index (χ0v) is 22.2. The van der Waals surface area contributed by atoms with Crippen molar-refractivity contribution in [2.24, 2.45) is 0 Å². The molecular weight excluding hydrogens is 478 g/mol. The van der Waals surface area contributed by atoms with Gasteiger partial charge in [-0.2, -0.15) is 0 Å². The van der Waals surface area contributed by atoms with Crippen LogP contribution >= 0.6 is 0 Å². The number of hydrogen-bond acceptors (Lipinski definition) is 4. The molecule has 1 N–H and O–H groups in total. The van der Waals surface area contributed by atoms with Gasteiger partial charge in [-0.15, -0.1) is 0 Å². The second-order valence-electron chi connectivity index (χ2n) is 10.1. The number of nitrogens with zero attached hydrogens (tertiary/aromatic N) is 2. The molecule has 196 valence electrons. The highest BCUT2D eigenvalue weighted by molar-refractivity contribution is 6.03. The average molecular weight is 512 g/mol. The summed E-state index contributed by atoms with van der Waals surface area (Å²) in [6.45, 7) is 6.73. The predicted octanol–water partition coefficient (Wildman–Crippen LogP) is 5.17. The van der Waals surface area contributed by atoms with Crippen LogP contribution in [0.1, 0.15) is 42.4 Å². The van der Waals surface area contributed by atoms with Gasteiger partial charge in [-0.25, -0.2) is 0 Å². The number of amides is 2. The second kappa shape index (κ2) is 10.2. The largest absolute Gasteiger partial charge is 0.496 e. The van der Waals surface area contributed by atoms with Crippen LogP contribution in [0.3, 0.4) is 0 Å². The Morgan fingerprint density at radius 1 is 1.03 bits per heavy atom. The van der Waals surface area contributed by atoms with Gasteiger partial charge in [0.05, 0.1) is 19.8 Å². The van der Waals surface area contributed by atoms with Crippen LogP contribution in [-0.2, 0) is 24.4 Å². The SMILES string of the molecule is COc1ccccc1CNC(=O)[C@@]1(C)Cn2c(cc3ccccc32)C(=O)N1Cc1ccc(OC(C)C)cc1. The average Bonchev–Trinajstić information content (AvgIpc) is 3.29. The third-order valence-corrected chi connectivity index (χ3v) is 7.09. The zero-order valence-electron chi connectivity index (χ0n) is 22.2. The van der Waals surface area contributed by atoms with Crippen LogP contribution in [0.5, 0.6) is 11.5 Å². The van der Waals surface area contributed by atoms with Crippen molar-refractivity contribution in [1.82, 2.24) is 14.8 Å². The van der Waals surface area contributed by atoms with Crippen LogP contribution < -0.4 is 14.8 Å². The normalized spacial score (nSPS) is 17.0. The van der Waals surface area contributed by atoms with E-state index in [0.29, 0.717) is 31.1 Å². The monoisotopic (exact) mass is 511 g/mol. The van der Waals surface area contributed by atoms with Crippen LogP contribution in [0.4, 0.5) is 0 Å². The Morgan fingerprint density at radius 3 is 2.47 bits per heavy atom. The molecule has 0 fully saturated rings. The van der Waals surface area contributed by atoms with E-state index in [0.717, 1.165) is 27.8 Å². The van der Waals surface area contributed by atoms with Crippen molar-refractivity contribution in [2.45, 2.75) is 52.0 Å². The number of ether oxygens (including phenoxy) is 2. The summed E-state index contributed by atoms with van der Waals surface area (Å²) in [6, 6.07) is 25.1. The lowest BCUT2D eigenvalue weighted by Gasteiger charge is -2.44. The molecule has 1 aliphatic rings. The molecule has 1 aliphatic heterocycles. The summed E-state index contributed by atoms with van der Waals surface area (Å²) in [5, 5.41) is 4.05. The summed E-state index contributed by atoms with van der Waals surface area (Å²) >= 11 is 0. The van der Waals surface area contributed by atoms with Crippen molar-refractivity contribution >= 4 is 22.7 Å². The predicted molar refractivity (Wildman–Crippen MR) is 147 cm³/mol. The van der Waals surface area contributed by atoms with Gasteiger partial charge in [0.1, 0.15) is 22.7 Å². The highest BCUT2D eigenvalue weighted by Crippen LogP contribution is 2.34. The molecule has 3 aromatic carbocycles. The Morgan fingerprint density at radius 2 is 1.74 bits per heavy atom. The van der Waals surface area contributed by atoms with E-state index in [9.17, 15) is 9.59 Å². The molecule has 0 radical (unpaired) electrons. The van der Waals surface area contributed by atoms with E-state index in [1.807, 2.05) is 104 Å². The summed E-state index contributed by atoms with van der Waals surface area (Å²) in [5.74, 6) is 1.08. The third kappa shape index (κ3) is 4.72. The van der Waals surface area contributed by atoms with Crippen LogP contribution in [0, 0.1) is 0 Å². The van der Waals surface area contributed by atoms with E-state index in [-0.39, 0.29) is 17.9 Å². The molecule has 7 heteroatoms. The van der Waals surface area contributed by atoms with Crippen LogP contribution in [0.2, 0.25) is 0 Å². The number of hydrogen-bond donors (Lipinski definition) is 1. The van der Waals surface area contributed by atoms with Crippen molar-refractivity contribution in [3.63, 3.8) is 0 Å². The number of fused-ring (bicyclic) bond motifs is 3. The number of carbonyl (C=O) groups is 2. The number of rotatable bonds is 8. The first-order valence-electron chi connectivity index (χ1n) is 12.9. The van der Waals surface area contributed by atoms with Gasteiger partial charge < -0.3 is 24.3 Å². The maximum Gasteiger partial charge on any atom is 0.271 e. The van der Waals surface area contributed by atoms with Crippen molar-refractivity contribution in [2.75, 3.05) is 7.11 Å². The summed E-state index contributed by atoms with van der Waals surface area (Å²) in [4.78, 5) is 29.6. The zero-order chi connectivity index (χ0) is 26.9. The van der Waals surface area contributed by atoms with Gasteiger partial charge in [0.2, 0.25) is 5.91 Å². The van der Waals surface area contributed by atoms with Gasteiger partial charge in [-0.1, -0.05) is 48.5 Å². The van der Waals surface area contributed by atoms with Gasteiger partial charge in [0.25, 0.3) is 5.91 Å². The molecule has 0 spiro atoms. The summed E-state index contributed by atoms with van der Waals surface area (Å²) in [7, 11) is 1.61. The molecule has 7 nitrogen and oxygen atoms in total. The molecule has 2 heterocycles. The minimum absolute atomic E-state index is 0.0710. The number of carbonyl (C=O) groups excluding carboxylic acids is 2. The van der Waals surface area contributed by atoms with E-state index in [2.05, 4.69) is 5.32 Å². The number of para-hydroxylation sites is 2. The molecule has 0 saturated heterocycles. The minimum Gasteiger partial charge on any atom is -0.496 e. The smallest absolute Gasteiger partial charge is 0.271 e. The fourth-order valence-electron chi connectivity index (χ4n) is 5.10. The lowest BCUT2D eigenvalue weighted by molar-refractivity contribution is -0.133. The molecule has 0 saturated carbocycles. The molecule has 0 bridgehead atoms. The molecular formula is C31H33N3O4. The topological polar surface area (TPSA) is 72.8 Å². The van der Waals surface area contributed by atoms with Crippen molar-refractivity contribution in [1.29, 1.82) is 0 Å². The molecule has 5 rings (SSSR count). The molecule has 1 atom stereocenters. The van der Waals surface area contributed by atoms with Gasteiger partial charge in [-0.05, 0) is 56.7 Å². The van der Waals surface area contributed by atoms with E-state index in [1.165, 1.54) is 0 Å². The molecule has 1 aromatic heterocycles. The van der Waals surface area contributed by atoms with E-state index >= 15 is 0 Å². The standard InChI is InChI=1S/C31H33N3O4/c1-21(2)38-25-15-13-22(14-16-25)19-34-29(35)27-17-23-9-5-7-11-26(23)33(27)20-31(34,3)30(36)32-18-24-10-6-8-12-28(24)37-4/h5-17,21H,18-20H2,1-4H3,(H,32,36)/t31-/m1/s1. The van der Waals surface area contributed by atoms with Gasteiger partial charge in [0.15, 0.2) is 0 Å². The van der Waals surface area contributed by atoms with E-state index < -0.39 is 5.54 Å². The van der Waals surface area contributed by atoms with Gasteiger partial charge in [0, 0.05) is 29.6 Å². The Labute approximate surface area is 223 Å². The highest BCUT2D eigenvalue weighted by Gasteiger charge is 2.47. The second-order valence-corrected chi connectivity index (χ2v) is 10.1. The molecule has 0 unspecified atom stereocenters. The lowest BCUT2D eigenvalue weighted by Crippen LogP contribution is -2.63. The molecule has 0 aliphatic carbocycles. The van der Waals surface area contributed by atoms with Crippen molar-refractivity contribution < 1.29 is 19.1 Å². The van der Waals surface area contributed by atoms with Crippen LogP contribution in [0.15, 0.2) is 78.9 Å². The fourth-order valence-corrected chi connectivity index (χ4v) is 5.10. The Hall–Kier alpha value is -4.26. The van der Waals surface area contributed by atoms with E-state index in [4.69, 9.17) is 9.47 Å². The summed E-state index contributed by atoms with van der Waals surface area (Å²) < 4.78 is 13.2. The first kappa shape index (κ1) is 25.4. The highest BCUT2D eigenvalue weighted by atomic mass is 16.5. The Bertz CT molecular complexity index is 1470. The number of methoxy groups -OCH3 is 1. The number of benzene rings is 3. The van der Waals surface area contributed by atoms with Crippen molar-refractivity contribution in [3.05, 3.63) is 95.7 Å². The molecule has 38 heavy (non-hydrogen) atoms. The molecule has 2 amide bonds.